The molecule has 0 aromatic heterocycles. The standard InChI is InChI=1S/C15H8N4O3/c16-8-9-2-1-3-10(6-9)17-14-12-7-11(19(21)22)4-5-13(12)18-15(14)20/h1-7H,(H,17,18,20). The Kier molecular flexibility index (Phi) is 3.12. The Morgan fingerprint density at radius 2 is 2.05 bits per heavy atom. The summed E-state index contributed by atoms with van der Waals surface area (Å²) >= 11 is 0. The predicted octanol–water partition coefficient (Wildman–Crippen LogP) is 2.54. The number of nitro groups is 1. The van der Waals surface area contributed by atoms with Gasteiger partial charge in [-0.05, 0) is 24.3 Å². The number of nitriles is 1. The zero-order chi connectivity index (χ0) is 15.7. The number of hydrogen-bond acceptors (Lipinski definition) is 5. The first-order valence-corrected chi connectivity index (χ1v) is 6.27. The minimum atomic E-state index is -0.531. The topological polar surface area (TPSA) is 108 Å². The summed E-state index contributed by atoms with van der Waals surface area (Å²) in [7, 11) is 0. The lowest BCUT2D eigenvalue weighted by Gasteiger charge is -1.99. The van der Waals surface area contributed by atoms with Crippen molar-refractivity contribution in [3.8, 4) is 6.07 Å². The van der Waals surface area contributed by atoms with Crippen molar-refractivity contribution < 1.29 is 9.72 Å². The molecule has 1 amide bonds. The van der Waals surface area contributed by atoms with E-state index in [9.17, 15) is 14.9 Å². The summed E-state index contributed by atoms with van der Waals surface area (Å²) in [6.07, 6.45) is 0. The number of hydrogen-bond donors (Lipinski definition) is 1. The van der Waals surface area contributed by atoms with Crippen molar-refractivity contribution in [2.24, 2.45) is 4.99 Å². The number of nitrogens with one attached hydrogen (secondary N) is 1. The Labute approximate surface area is 124 Å². The van der Waals surface area contributed by atoms with Crippen LogP contribution in [0.2, 0.25) is 0 Å². The molecule has 3 rings (SSSR count). The summed E-state index contributed by atoms with van der Waals surface area (Å²) in [5, 5.41) is 22.3. The van der Waals surface area contributed by atoms with Gasteiger partial charge in [0.1, 0.15) is 5.71 Å². The molecule has 2 aromatic rings. The normalized spacial score (nSPS) is 14.3. The SMILES string of the molecule is N#Cc1cccc(N=C2C(=O)Nc3ccc([N+](=O)[O-])cc32)c1. The van der Waals surface area contributed by atoms with Crippen LogP contribution in [-0.4, -0.2) is 16.5 Å². The van der Waals surface area contributed by atoms with E-state index in [0.29, 0.717) is 22.5 Å². The third-order valence-corrected chi connectivity index (χ3v) is 3.15. The highest BCUT2D eigenvalue weighted by molar-refractivity contribution is 6.54. The Balaban J connectivity index is 2.11. The lowest BCUT2D eigenvalue weighted by atomic mass is 10.1. The molecule has 2 aromatic carbocycles. The second-order valence-electron chi connectivity index (χ2n) is 4.56. The highest BCUT2D eigenvalue weighted by Gasteiger charge is 2.28. The number of carbonyl (C=O) groups is 1. The predicted molar refractivity (Wildman–Crippen MR) is 79.1 cm³/mol. The average Bonchev–Trinajstić information content (AvgIpc) is 2.82. The maximum atomic E-state index is 12.0. The summed E-state index contributed by atoms with van der Waals surface area (Å²) in [5.74, 6) is -0.433. The van der Waals surface area contributed by atoms with Crippen LogP contribution in [0.25, 0.3) is 0 Å². The molecule has 0 radical (unpaired) electrons. The third kappa shape index (κ3) is 2.29. The smallest absolute Gasteiger partial charge is 0.275 e. The number of rotatable bonds is 2. The van der Waals surface area contributed by atoms with Crippen molar-refractivity contribution in [1.82, 2.24) is 0 Å². The molecule has 0 saturated heterocycles. The fourth-order valence-electron chi connectivity index (χ4n) is 2.14. The van der Waals surface area contributed by atoms with Gasteiger partial charge in [0, 0.05) is 17.7 Å². The number of nitrogens with zero attached hydrogens (tertiary/aromatic N) is 3. The maximum absolute atomic E-state index is 12.0. The molecule has 7 nitrogen and oxygen atoms in total. The number of nitro benzene ring substituents is 1. The summed E-state index contributed by atoms with van der Waals surface area (Å²) in [6, 6.07) is 12.5. The average molecular weight is 292 g/mol. The summed E-state index contributed by atoms with van der Waals surface area (Å²) in [4.78, 5) is 26.5. The van der Waals surface area contributed by atoms with Crippen LogP contribution in [0.3, 0.4) is 0 Å². The zero-order valence-corrected chi connectivity index (χ0v) is 11.1. The first-order chi connectivity index (χ1) is 10.6. The van der Waals surface area contributed by atoms with E-state index >= 15 is 0 Å². The second-order valence-corrected chi connectivity index (χ2v) is 4.56. The van der Waals surface area contributed by atoms with Crippen LogP contribution in [0, 0.1) is 21.4 Å². The molecular formula is C15H8N4O3. The maximum Gasteiger partial charge on any atom is 0.275 e. The van der Waals surface area contributed by atoms with Gasteiger partial charge in [0.2, 0.25) is 0 Å². The van der Waals surface area contributed by atoms with Crippen molar-refractivity contribution in [1.29, 1.82) is 5.26 Å². The van der Waals surface area contributed by atoms with Gasteiger partial charge < -0.3 is 5.32 Å². The van der Waals surface area contributed by atoms with Gasteiger partial charge in [-0.2, -0.15) is 5.26 Å². The molecule has 7 heteroatoms. The molecule has 106 valence electrons. The number of non-ortho nitro benzene ring substituents is 1. The van der Waals surface area contributed by atoms with Crippen molar-refractivity contribution in [2.75, 3.05) is 5.32 Å². The van der Waals surface area contributed by atoms with E-state index in [2.05, 4.69) is 10.3 Å². The summed E-state index contributed by atoms with van der Waals surface area (Å²) in [5.41, 5.74) is 1.68. The van der Waals surface area contributed by atoms with Crippen LogP contribution in [0.15, 0.2) is 47.5 Å². The molecule has 22 heavy (non-hydrogen) atoms. The lowest BCUT2D eigenvalue weighted by Crippen LogP contribution is -2.13. The summed E-state index contributed by atoms with van der Waals surface area (Å²) < 4.78 is 0. The number of fused-ring (bicyclic) bond motifs is 1. The van der Waals surface area contributed by atoms with Gasteiger partial charge >= 0.3 is 0 Å². The van der Waals surface area contributed by atoms with Gasteiger partial charge in [-0.3, -0.25) is 14.9 Å². The quantitative estimate of drug-likeness (QED) is 0.677. The minimum Gasteiger partial charge on any atom is -0.320 e. The Bertz CT molecular complexity index is 881. The fourth-order valence-corrected chi connectivity index (χ4v) is 2.14. The number of benzene rings is 2. The van der Waals surface area contributed by atoms with E-state index in [0.717, 1.165) is 0 Å². The summed E-state index contributed by atoms with van der Waals surface area (Å²) in [6.45, 7) is 0. The fraction of sp³-hybridized carbons (Fsp3) is 0. The first-order valence-electron chi connectivity index (χ1n) is 6.27. The highest BCUT2D eigenvalue weighted by atomic mass is 16.6. The monoisotopic (exact) mass is 292 g/mol. The van der Waals surface area contributed by atoms with Gasteiger partial charge in [0.15, 0.2) is 0 Å². The molecule has 0 bridgehead atoms. The van der Waals surface area contributed by atoms with E-state index in [-0.39, 0.29) is 11.4 Å². The molecule has 0 unspecified atom stereocenters. The second kappa shape index (κ2) is 5.10. The van der Waals surface area contributed by atoms with E-state index in [1.165, 1.54) is 24.3 Å². The van der Waals surface area contributed by atoms with Crippen LogP contribution < -0.4 is 5.32 Å². The van der Waals surface area contributed by atoms with E-state index in [4.69, 9.17) is 5.26 Å². The number of anilines is 1. The lowest BCUT2D eigenvalue weighted by molar-refractivity contribution is -0.384. The van der Waals surface area contributed by atoms with Crippen LogP contribution in [0.1, 0.15) is 11.1 Å². The van der Waals surface area contributed by atoms with Crippen LogP contribution >= 0.6 is 0 Å². The van der Waals surface area contributed by atoms with Gasteiger partial charge in [0.25, 0.3) is 11.6 Å². The van der Waals surface area contributed by atoms with Crippen molar-refractivity contribution in [2.45, 2.75) is 0 Å². The molecule has 0 fully saturated rings. The Hall–Kier alpha value is -3.53. The van der Waals surface area contributed by atoms with E-state index in [1.807, 2.05) is 6.07 Å². The van der Waals surface area contributed by atoms with Gasteiger partial charge in [-0.15, -0.1) is 0 Å². The number of amides is 1. The van der Waals surface area contributed by atoms with Crippen LogP contribution in [-0.2, 0) is 4.79 Å². The molecule has 0 saturated carbocycles. The first kappa shape index (κ1) is 13.5. The molecule has 0 spiro atoms. The highest BCUT2D eigenvalue weighted by Crippen LogP contribution is 2.29. The van der Waals surface area contributed by atoms with E-state index in [1.54, 1.807) is 18.2 Å². The zero-order valence-electron chi connectivity index (χ0n) is 11.1. The molecular weight excluding hydrogens is 284 g/mol. The molecule has 1 N–H and O–H groups in total. The molecule has 0 atom stereocenters. The molecule has 1 heterocycles. The van der Waals surface area contributed by atoms with Crippen LogP contribution in [0.4, 0.5) is 17.1 Å². The van der Waals surface area contributed by atoms with E-state index < -0.39 is 10.8 Å². The Morgan fingerprint density at radius 1 is 1.23 bits per heavy atom. The largest absolute Gasteiger partial charge is 0.320 e. The van der Waals surface area contributed by atoms with Crippen molar-refractivity contribution >= 4 is 28.7 Å². The molecule has 0 aliphatic carbocycles. The van der Waals surface area contributed by atoms with Gasteiger partial charge in [-0.1, -0.05) is 6.07 Å². The molecule has 1 aliphatic rings. The Morgan fingerprint density at radius 3 is 2.77 bits per heavy atom. The number of aliphatic imine (C=N–C) groups is 1. The van der Waals surface area contributed by atoms with Crippen LogP contribution in [0.5, 0.6) is 0 Å². The minimum absolute atomic E-state index is 0.0915. The third-order valence-electron chi connectivity index (χ3n) is 3.15. The molecule has 1 aliphatic heterocycles. The van der Waals surface area contributed by atoms with Gasteiger partial charge in [-0.25, -0.2) is 4.99 Å². The van der Waals surface area contributed by atoms with Gasteiger partial charge in [0.05, 0.1) is 27.9 Å². The van der Waals surface area contributed by atoms with Crippen molar-refractivity contribution in [3.05, 3.63) is 63.7 Å². The van der Waals surface area contributed by atoms with Crippen molar-refractivity contribution in [3.63, 3.8) is 0 Å². The number of carbonyl (C=O) groups excluding carboxylic acids is 1.